The van der Waals surface area contributed by atoms with Gasteiger partial charge in [-0.25, -0.2) is 17.2 Å². The highest BCUT2D eigenvalue weighted by molar-refractivity contribution is 7.92. The van der Waals surface area contributed by atoms with Gasteiger partial charge in [-0.3, -0.25) is 9.59 Å². The van der Waals surface area contributed by atoms with Gasteiger partial charge in [-0.05, 0) is 112 Å². The number of likely N-dealkylation sites (tertiary alicyclic amines) is 1. The van der Waals surface area contributed by atoms with Crippen molar-refractivity contribution in [3.8, 4) is 5.75 Å². The van der Waals surface area contributed by atoms with Crippen LogP contribution in [-0.2, 0) is 43.4 Å². The SMILES string of the molecule is C[C@@]12CCc3cc(OCc4c(F)cccc4C(F)(F)F)ccc3C1(S(=O)(=O)c1ccc(F)cc1)CCN2C(=O)C1CCC(C(=O)O)CC1. The van der Waals surface area contributed by atoms with E-state index in [9.17, 15) is 45.1 Å². The van der Waals surface area contributed by atoms with Crippen LogP contribution < -0.4 is 4.74 Å². The van der Waals surface area contributed by atoms with Crippen LogP contribution in [0, 0.1) is 23.5 Å². The molecule has 0 radical (unpaired) electrons. The van der Waals surface area contributed by atoms with Crippen LogP contribution in [0.5, 0.6) is 5.75 Å². The highest BCUT2D eigenvalue weighted by Gasteiger charge is 2.67. The Bertz CT molecular complexity index is 1860. The molecule has 1 N–H and O–H groups in total. The molecular weight excluding hydrogens is 657 g/mol. The average molecular weight is 692 g/mol. The molecule has 0 aromatic heterocycles. The second kappa shape index (κ2) is 12.2. The fraction of sp³-hybridized carbons (Fsp3) is 0.429. The fourth-order valence-electron chi connectivity index (χ4n) is 8.07. The van der Waals surface area contributed by atoms with E-state index < -0.39 is 73.5 Å². The molecular formula is C35H34F5NO6S. The van der Waals surface area contributed by atoms with Crippen molar-refractivity contribution in [2.24, 2.45) is 11.8 Å². The number of rotatable bonds is 7. The number of hydrogen-bond donors (Lipinski definition) is 1. The zero-order chi connectivity index (χ0) is 34.6. The minimum absolute atomic E-state index is 0.0246. The van der Waals surface area contributed by atoms with Gasteiger partial charge in [0.25, 0.3) is 0 Å². The average Bonchev–Trinajstić information content (AvgIpc) is 3.38. The summed E-state index contributed by atoms with van der Waals surface area (Å²) in [6, 6.07) is 11.7. The van der Waals surface area contributed by atoms with Crippen molar-refractivity contribution < 1.29 is 49.8 Å². The van der Waals surface area contributed by atoms with Crippen molar-refractivity contribution in [1.82, 2.24) is 4.90 Å². The smallest absolute Gasteiger partial charge is 0.416 e. The number of sulfone groups is 1. The Morgan fingerprint density at radius 3 is 2.27 bits per heavy atom. The number of hydrogen-bond acceptors (Lipinski definition) is 5. The van der Waals surface area contributed by atoms with Crippen LogP contribution in [0.25, 0.3) is 0 Å². The van der Waals surface area contributed by atoms with Gasteiger partial charge in [-0.1, -0.05) is 12.1 Å². The lowest BCUT2D eigenvalue weighted by Crippen LogP contribution is -2.62. The van der Waals surface area contributed by atoms with E-state index in [0.717, 1.165) is 30.3 Å². The molecule has 1 amide bonds. The fourth-order valence-corrected chi connectivity index (χ4v) is 10.6. The van der Waals surface area contributed by atoms with E-state index in [2.05, 4.69) is 0 Å². The van der Waals surface area contributed by atoms with Gasteiger partial charge in [0.1, 0.15) is 28.7 Å². The Morgan fingerprint density at radius 1 is 0.958 bits per heavy atom. The molecule has 3 aliphatic rings. The number of carboxylic acids is 1. The summed E-state index contributed by atoms with van der Waals surface area (Å²) in [5, 5.41) is 9.42. The van der Waals surface area contributed by atoms with Crippen molar-refractivity contribution in [3.05, 3.63) is 94.6 Å². The molecule has 2 atom stereocenters. The van der Waals surface area contributed by atoms with Crippen LogP contribution in [0.3, 0.4) is 0 Å². The van der Waals surface area contributed by atoms with Crippen LogP contribution in [0.4, 0.5) is 22.0 Å². The van der Waals surface area contributed by atoms with Crippen LogP contribution in [-0.4, -0.2) is 42.4 Å². The second-order valence-corrected chi connectivity index (χ2v) is 15.2. The number of nitrogens with zero attached hydrogens (tertiary/aromatic N) is 1. The lowest BCUT2D eigenvalue weighted by molar-refractivity contribution is -0.147. The van der Waals surface area contributed by atoms with E-state index in [1.807, 2.05) is 0 Å². The molecule has 2 aliphatic carbocycles. The number of aliphatic carboxylic acids is 1. The van der Waals surface area contributed by atoms with Gasteiger partial charge in [-0.2, -0.15) is 13.2 Å². The highest BCUT2D eigenvalue weighted by Crippen LogP contribution is 2.59. The predicted octanol–water partition coefficient (Wildman–Crippen LogP) is 7.06. The molecule has 48 heavy (non-hydrogen) atoms. The predicted molar refractivity (Wildman–Crippen MR) is 164 cm³/mol. The van der Waals surface area contributed by atoms with Crippen LogP contribution in [0.2, 0.25) is 0 Å². The summed E-state index contributed by atoms with van der Waals surface area (Å²) in [5.74, 6) is -3.70. The first-order chi connectivity index (χ1) is 22.6. The third-order valence-electron chi connectivity index (χ3n) is 10.6. The maximum absolute atomic E-state index is 14.8. The Morgan fingerprint density at radius 2 is 1.62 bits per heavy atom. The van der Waals surface area contributed by atoms with Crippen LogP contribution in [0.1, 0.15) is 67.7 Å². The van der Waals surface area contributed by atoms with Gasteiger partial charge in [0.2, 0.25) is 5.91 Å². The van der Waals surface area contributed by atoms with Gasteiger partial charge >= 0.3 is 12.1 Å². The second-order valence-electron chi connectivity index (χ2n) is 13.1. The summed E-state index contributed by atoms with van der Waals surface area (Å²) in [6.45, 7) is 1.13. The summed E-state index contributed by atoms with van der Waals surface area (Å²) in [7, 11) is -4.32. The summed E-state index contributed by atoms with van der Waals surface area (Å²) < 4.78 is 103. The first-order valence-corrected chi connectivity index (χ1v) is 17.2. The van der Waals surface area contributed by atoms with E-state index in [1.54, 1.807) is 24.0 Å². The Balaban J connectivity index is 1.38. The number of carbonyl (C=O) groups excluding carboxylic acids is 1. The zero-order valence-corrected chi connectivity index (χ0v) is 26.8. The Labute approximate surface area is 274 Å². The molecule has 1 saturated carbocycles. The lowest BCUT2D eigenvalue weighted by atomic mass is 9.69. The number of amides is 1. The van der Waals surface area contributed by atoms with Gasteiger partial charge in [0.05, 0.1) is 21.9 Å². The first-order valence-electron chi connectivity index (χ1n) is 15.8. The van der Waals surface area contributed by atoms with E-state index in [1.165, 1.54) is 18.2 Å². The molecule has 0 spiro atoms. The highest BCUT2D eigenvalue weighted by atomic mass is 32.2. The number of halogens is 5. The molecule has 0 bridgehead atoms. The van der Waals surface area contributed by atoms with E-state index in [4.69, 9.17) is 4.74 Å². The summed E-state index contributed by atoms with van der Waals surface area (Å²) in [5.41, 5.74) is -2.11. The Kier molecular flexibility index (Phi) is 8.58. The molecule has 1 saturated heterocycles. The number of alkyl halides is 3. The molecule has 1 aliphatic heterocycles. The molecule has 1 unspecified atom stereocenters. The van der Waals surface area contributed by atoms with Crippen molar-refractivity contribution in [3.63, 3.8) is 0 Å². The van der Waals surface area contributed by atoms with Gasteiger partial charge in [0.15, 0.2) is 9.84 Å². The zero-order valence-electron chi connectivity index (χ0n) is 26.0. The maximum Gasteiger partial charge on any atom is 0.416 e. The van der Waals surface area contributed by atoms with Crippen molar-refractivity contribution in [1.29, 1.82) is 0 Å². The number of benzene rings is 3. The van der Waals surface area contributed by atoms with Crippen molar-refractivity contribution >= 4 is 21.7 Å². The molecule has 3 aromatic rings. The minimum atomic E-state index is -4.80. The van der Waals surface area contributed by atoms with Crippen LogP contribution in [0.15, 0.2) is 65.6 Å². The molecule has 1 heterocycles. The topological polar surface area (TPSA) is 101 Å². The third-order valence-corrected chi connectivity index (χ3v) is 13.3. The number of ether oxygens (including phenoxy) is 1. The quantitative estimate of drug-likeness (QED) is 0.210. The molecule has 256 valence electrons. The molecule has 6 rings (SSSR count). The van der Waals surface area contributed by atoms with Gasteiger partial charge < -0.3 is 14.7 Å². The number of aryl methyl sites for hydroxylation is 1. The van der Waals surface area contributed by atoms with E-state index in [0.29, 0.717) is 43.2 Å². The van der Waals surface area contributed by atoms with E-state index in [-0.39, 0.29) is 35.9 Å². The molecule has 7 nitrogen and oxygen atoms in total. The first kappa shape index (κ1) is 33.9. The summed E-state index contributed by atoms with van der Waals surface area (Å²) >= 11 is 0. The number of fused-ring (bicyclic) bond motifs is 3. The minimum Gasteiger partial charge on any atom is -0.489 e. The number of carboxylic acid groups (broad SMARTS) is 1. The maximum atomic E-state index is 14.8. The molecule has 3 aromatic carbocycles. The van der Waals surface area contributed by atoms with Crippen molar-refractivity contribution in [2.75, 3.05) is 6.54 Å². The number of carbonyl (C=O) groups is 2. The van der Waals surface area contributed by atoms with Crippen molar-refractivity contribution in [2.45, 2.75) is 79.8 Å². The molecule has 13 heteroatoms. The summed E-state index contributed by atoms with van der Waals surface area (Å²) in [4.78, 5) is 27.1. The third kappa shape index (κ3) is 5.43. The normalized spacial score (nSPS) is 25.7. The van der Waals surface area contributed by atoms with Crippen LogP contribution >= 0.6 is 0 Å². The standard InChI is InChI=1S/C35H34F5NO6S/c1-33-16-15-23-19-25(47-20-27-29(35(38,39)40)3-2-4-30(27)37)11-14-28(23)34(33,48(45,46)26-12-9-24(36)10-13-26)17-18-41(33)31(42)21-5-7-22(8-6-21)32(43)44/h2-4,9-14,19,21-22H,5-8,15-18,20H2,1H3,(H,43,44)/t21?,22?,33-,34?/m1/s1. The monoisotopic (exact) mass is 691 g/mol. The van der Waals surface area contributed by atoms with Gasteiger partial charge in [-0.15, -0.1) is 0 Å². The lowest BCUT2D eigenvalue weighted by Gasteiger charge is -2.51. The Hall–Kier alpha value is -4.00. The largest absolute Gasteiger partial charge is 0.489 e. The summed E-state index contributed by atoms with van der Waals surface area (Å²) in [6.07, 6.45) is -2.83. The van der Waals surface area contributed by atoms with E-state index >= 15 is 0 Å². The molecule has 2 fully saturated rings. The van der Waals surface area contributed by atoms with Gasteiger partial charge in [0, 0.05) is 18.0 Å².